The molecule has 0 radical (unpaired) electrons. The first-order chi connectivity index (χ1) is 7.50. The fraction of sp³-hybridized carbons (Fsp3) is 0.800. The minimum atomic E-state index is -1.06. The second-order valence-corrected chi connectivity index (χ2v) is 4.02. The predicted molar refractivity (Wildman–Crippen MR) is 56.8 cm³/mol. The summed E-state index contributed by atoms with van der Waals surface area (Å²) in [7, 11) is 0. The van der Waals surface area contributed by atoms with Gasteiger partial charge >= 0.3 is 5.97 Å². The second-order valence-electron chi connectivity index (χ2n) is 4.02. The van der Waals surface area contributed by atoms with Crippen molar-refractivity contribution < 1.29 is 19.4 Å². The predicted octanol–water partition coefficient (Wildman–Crippen LogP) is -0.574. The average Bonchev–Trinajstić information content (AvgIpc) is 2.40. The van der Waals surface area contributed by atoms with Crippen LogP contribution in [0.1, 0.15) is 19.8 Å². The van der Waals surface area contributed by atoms with E-state index in [1.54, 1.807) is 4.90 Å². The summed E-state index contributed by atoms with van der Waals surface area (Å²) < 4.78 is 5.39. The Balaban J connectivity index is 2.53. The van der Waals surface area contributed by atoms with Crippen LogP contribution in [0, 0.1) is 0 Å². The molecule has 0 aliphatic carbocycles. The number of nitrogens with two attached hydrogens (primary N) is 1. The molecular formula is C10H18N2O4. The third-order valence-electron chi connectivity index (χ3n) is 2.48. The Morgan fingerprint density at radius 3 is 2.94 bits per heavy atom. The Bertz CT molecular complexity index is 270. The number of carboxylic acids is 1. The number of nitrogens with zero attached hydrogens (tertiary/aromatic N) is 1. The lowest BCUT2D eigenvalue weighted by Crippen LogP contribution is -2.46. The van der Waals surface area contributed by atoms with Gasteiger partial charge in [-0.25, -0.2) is 0 Å². The standard InChI is InChI=1S/C10H18N2O4/c1-7-6-12(3-2-4-16-7)10(15)8(11)5-9(13)14/h7-8H,2-6,11H2,1H3,(H,13,14). The Morgan fingerprint density at radius 1 is 1.62 bits per heavy atom. The molecule has 6 heteroatoms. The van der Waals surface area contributed by atoms with Crippen molar-refractivity contribution >= 4 is 11.9 Å². The maximum atomic E-state index is 11.8. The van der Waals surface area contributed by atoms with Crippen LogP contribution in [0.25, 0.3) is 0 Å². The number of carboxylic acid groups (broad SMARTS) is 1. The molecule has 1 saturated heterocycles. The van der Waals surface area contributed by atoms with Gasteiger partial charge in [0.25, 0.3) is 0 Å². The molecule has 0 aromatic heterocycles. The summed E-state index contributed by atoms with van der Waals surface area (Å²) in [6, 6.07) is -0.956. The molecule has 1 aliphatic rings. The van der Waals surface area contributed by atoms with Gasteiger partial charge in [0.2, 0.25) is 5.91 Å². The van der Waals surface area contributed by atoms with Gasteiger partial charge in [-0.15, -0.1) is 0 Å². The molecule has 6 nitrogen and oxygen atoms in total. The molecule has 1 heterocycles. The van der Waals surface area contributed by atoms with Gasteiger partial charge in [0.15, 0.2) is 0 Å². The molecule has 0 saturated carbocycles. The van der Waals surface area contributed by atoms with Crippen molar-refractivity contribution in [3.63, 3.8) is 0 Å². The second kappa shape index (κ2) is 5.81. The minimum absolute atomic E-state index is 0.0246. The lowest BCUT2D eigenvalue weighted by Gasteiger charge is -2.24. The van der Waals surface area contributed by atoms with Gasteiger partial charge in [0, 0.05) is 19.7 Å². The van der Waals surface area contributed by atoms with E-state index in [9.17, 15) is 9.59 Å². The zero-order valence-electron chi connectivity index (χ0n) is 9.39. The van der Waals surface area contributed by atoms with Crippen LogP contribution in [0.4, 0.5) is 0 Å². The first-order valence-corrected chi connectivity index (χ1v) is 5.38. The van der Waals surface area contributed by atoms with E-state index in [0.29, 0.717) is 19.7 Å². The quantitative estimate of drug-likeness (QED) is 0.677. The van der Waals surface area contributed by atoms with E-state index >= 15 is 0 Å². The Kier molecular flexibility index (Phi) is 4.70. The molecule has 1 amide bonds. The summed E-state index contributed by atoms with van der Waals surface area (Å²) >= 11 is 0. The topological polar surface area (TPSA) is 92.9 Å². The number of hydrogen-bond donors (Lipinski definition) is 2. The van der Waals surface area contributed by atoms with E-state index < -0.39 is 12.0 Å². The highest BCUT2D eigenvalue weighted by atomic mass is 16.5. The van der Waals surface area contributed by atoms with Crippen LogP contribution in [-0.4, -0.2) is 53.7 Å². The number of hydrogen-bond acceptors (Lipinski definition) is 4. The van der Waals surface area contributed by atoms with Gasteiger partial charge in [0.05, 0.1) is 18.6 Å². The zero-order chi connectivity index (χ0) is 12.1. The molecule has 16 heavy (non-hydrogen) atoms. The number of aliphatic carboxylic acids is 1. The van der Waals surface area contributed by atoms with Gasteiger partial charge in [-0.3, -0.25) is 9.59 Å². The van der Waals surface area contributed by atoms with Crippen molar-refractivity contribution in [2.45, 2.75) is 31.9 Å². The van der Waals surface area contributed by atoms with Crippen LogP contribution in [0.15, 0.2) is 0 Å². The number of carbonyl (C=O) groups excluding carboxylic acids is 1. The number of amides is 1. The van der Waals surface area contributed by atoms with E-state index in [1.807, 2.05) is 6.92 Å². The summed E-state index contributed by atoms with van der Waals surface area (Å²) in [6.07, 6.45) is 0.406. The summed E-state index contributed by atoms with van der Waals surface area (Å²) in [4.78, 5) is 23.9. The molecule has 1 fully saturated rings. The molecule has 3 N–H and O–H groups in total. The van der Waals surface area contributed by atoms with E-state index in [0.717, 1.165) is 6.42 Å². The van der Waals surface area contributed by atoms with Crippen molar-refractivity contribution in [3.05, 3.63) is 0 Å². The summed E-state index contributed by atoms with van der Waals surface area (Å²) in [6.45, 7) is 3.57. The van der Waals surface area contributed by atoms with Crippen LogP contribution >= 0.6 is 0 Å². The van der Waals surface area contributed by atoms with Crippen molar-refractivity contribution in [1.29, 1.82) is 0 Å². The van der Waals surface area contributed by atoms with Crippen LogP contribution in [0.2, 0.25) is 0 Å². The maximum Gasteiger partial charge on any atom is 0.305 e. The van der Waals surface area contributed by atoms with Crippen molar-refractivity contribution in [1.82, 2.24) is 4.90 Å². The molecule has 0 aromatic rings. The highest BCUT2D eigenvalue weighted by molar-refractivity contribution is 5.86. The maximum absolute atomic E-state index is 11.8. The zero-order valence-corrected chi connectivity index (χ0v) is 9.39. The Labute approximate surface area is 94.3 Å². The number of ether oxygens (including phenoxy) is 1. The SMILES string of the molecule is CC1CN(C(=O)C(N)CC(=O)O)CCCO1. The van der Waals surface area contributed by atoms with Crippen LogP contribution in [0.3, 0.4) is 0 Å². The van der Waals surface area contributed by atoms with Crippen LogP contribution < -0.4 is 5.73 Å². The van der Waals surface area contributed by atoms with Crippen molar-refractivity contribution in [2.75, 3.05) is 19.7 Å². The monoisotopic (exact) mass is 230 g/mol. The van der Waals surface area contributed by atoms with E-state index in [1.165, 1.54) is 0 Å². The molecule has 2 unspecified atom stereocenters. The van der Waals surface area contributed by atoms with Gasteiger partial charge in [-0.05, 0) is 13.3 Å². The lowest BCUT2D eigenvalue weighted by atomic mass is 10.2. The largest absolute Gasteiger partial charge is 0.481 e. The average molecular weight is 230 g/mol. The normalized spacial score (nSPS) is 23.6. The van der Waals surface area contributed by atoms with Gasteiger partial charge in [-0.1, -0.05) is 0 Å². The fourth-order valence-electron chi connectivity index (χ4n) is 1.70. The molecule has 0 spiro atoms. The van der Waals surface area contributed by atoms with Gasteiger partial charge < -0.3 is 20.5 Å². The van der Waals surface area contributed by atoms with Gasteiger partial charge in [0.1, 0.15) is 0 Å². The van der Waals surface area contributed by atoms with E-state index in [4.69, 9.17) is 15.6 Å². The van der Waals surface area contributed by atoms with E-state index in [2.05, 4.69) is 0 Å². The minimum Gasteiger partial charge on any atom is -0.481 e. The smallest absolute Gasteiger partial charge is 0.305 e. The third kappa shape index (κ3) is 3.79. The molecule has 1 aliphatic heterocycles. The lowest BCUT2D eigenvalue weighted by molar-refractivity contribution is -0.142. The molecule has 0 bridgehead atoms. The van der Waals surface area contributed by atoms with Crippen LogP contribution in [0.5, 0.6) is 0 Å². The van der Waals surface area contributed by atoms with Crippen LogP contribution in [-0.2, 0) is 14.3 Å². The fourth-order valence-corrected chi connectivity index (χ4v) is 1.70. The Morgan fingerprint density at radius 2 is 2.31 bits per heavy atom. The number of rotatable bonds is 3. The first-order valence-electron chi connectivity index (χ1n) is 5.38. The van der Waals surface area contributed by atoms with Crippen molar-refractivity contribution in [2.24, 2.45) is 5.73 Å². The van der Waals surface area contributed by atoms with Gasteiger partial charge in [-0.2, -0.15) is 0 Å². The first kappa shape index (κ1) is 12.9. The molecule has 92 valence electrons. The summed E-state index contributed by atoms with van der Waals surface area (Å²) in [5.74, 6) is -1.36. The Hall–Kier alpha value is -1.14. The molecule has 1 rings (SSSR count). The highest BCUT2D eigenvalue weighted by Gasteiger charge is 2.25. The summed E-state index contributed by atoms with van der Waals surface area (Å²) in [5.41, 5.74) is 5.53. The van der Waals surface area contributed by atoms with E-state index in [-0.39, 0.29) is 18.4 Å². The summed E-state index contributed by atoms with van der Waals surface area (Å²) in [5, 5.41) is 8.56. The van der Waals surface area contributed by atoms with Crippen molar-refractivity contribution in [3.8, 4) is 0 Å². The molecule has 0 aromatic carbocycles. The molecular weight excluding hydrogens is 212 g/mol. The third-order valence-corrected chi connectivity index (χ3v) is 2.48. The highest BCUT2D eigenvalue weighted by Crippen LogP contribution is 2.07. The number of carbonyl (C=O) groups is 2. The molecule has 2 atom stereocenters.